The Labute approximate surface area is 181 Å². The minimum Gasteiger partial charge on any atom is -0.0590 e. The zero-order chi connectivity index (χ0) is 21.1. The first-order valence-corrected chi connectivity index (χ1v) is 11.0. The van der Waals surface area contributed by atoms with Gasteiger partial charge in [-0.05, 0) is 70.2 Å². The van der Waals surface area contributed by atoms with Gasteiger partial charge in [-0.2, -0.15) is 0 Å². The molecule has 0 saturated heterocycles. The predicted octanol–water partition coefficient (Wildman–Crippen LogP) is 7.82. The normalized spacial score (nSPS) is 11.7. The van der Waals surface area contributed by atoms with Crippen molar-refractivity contribution >= 4 is 10.8 Å². The molecule has 4 rings (SSSR count). The second kappa shape index (κ2) is 8.48. The largest absolute Gasteiger partial charge is 0.0590 e. The highest BCUT2D eigenvalue weighted by atomic mass is 14.2. The van der Waals surface area contributed by atoms with Crippen LogP contribution in [0.3, 0.4) is 0 Å². The summed E-state index contributed by atoms with van der Waals surface area (Å²) in [5.41, 5.74) is 8.50. The molecule has 0 radical (unpaired) electrons. The molecule has 0 aliphatic carbocycles. The summed E-state index contributed by atoms with van der Waals surface area (Å²) >= 11 is 0. The summed E-state index contributed by atoms with van der Waals surface area (Å²) in [6.45, 7) is 8.94. The van der Waals surface area contributed by atoms with Crippen LogP contribution in [0.25, 0.3) is 10.8 Å². The van der Waals surface area contributed by atoms with Gasteiger partial charge in [-0.15, -0.1) is 0 Å². The van der Waals surface area contributed by atoms with E-state index in [4.69, 9.17) is 0 Å². The van der Waals surface area contributed by atoms with E-state index < -0.39 is 0 Å². The molecule has 0 N–H and O–H groups in total. The van der Waals surface area contributed by atoms with Crippen LogP contribution in [0.2, 0.25) is 0 Å². The summed E-state index contributed by atoms with van der Waals surface area (Å²) in [7, 11) is 0. The molecule has 0 bridgehead atoms. The highest BCUT2D eigenvalue weighted by molar-refractivity contribution is 5.84. The Balaban J connectivity index is 1.44. The Hall–Kier alpha value is -2.86. The predicted molar refractivity (Wildman–Crippen MR) is 130 cm³/mol. The van der Waals surface area contributed by atoms with Gasteiger partial charge in [-0.3, -0.25) is 0 Å². The maximum Gasteiger partial charge on any atom is -0.00255 e. The Bertz CT molecular complexity index is 1120. The third kappa shape index (κ3) is 5.00. The summed E-state index contributed by atoms with van der Waals surface area (Å²) in [6, 6.07) is 31.8. The molecule has 0 aliphatic heterocycles. The first-order valence-electron chi connectivity index (χ1n) is 11.0. The van der Waals surface area contributed by atoms with Crippen LogP contribution in [0.4, 0.5) is 0 Å². The fraction of sp³-hybridized carbons (Fsp3) is 0.267. The van der Waals surface area contributed by atoms with Crippen molar-refractivity contribution < 1.29 is 0 Å². The SMILES string of the molecule is Cc1ccc(Cc2ccc3cc(CCc4ccc(C(C)(C)C)cc4)ccc3c2)cc1. The summed E-state index contributed by atoms with van der Waals surface area (Å²) in [4.78, 5) is 0. The van der Waals surface area contributed by atoms with Gasteiger partial charge in [-0.25, -0.2) is 0 Å². The highest BCUT2D eigenvalue weighted by Crippen LogP contribution is 2.24. The standard InChI is InChI=1S/C30H32/c1-22-5-7-24(8-6-22)19-26-12-16-27-20-25(11-15-28(27)21-26)10-9-23-13-17-29(18-14-23)30(2,3)4/h5-8,11-18,20-21H,9-10,19H2,1-4H3. The van der Waals surface area contributed by atoms with Gasteiger partial charge in [0.15, 0.2) is 0 Å². The van der Waals surface area contributed by atoms with Crippen LogP contribution in [0, 0.1) is 6.92 Å². The van der Waals surface area contributed by atoms with Crippen molar-refractivity contribution in [3.8, 4) is 0 Å². The maximum absolute atomic E-state index is 2.36. The zero-order valence-electron chi connectivity index (χ0n) is 18.7. The average molecular weight is 393 g/mol. The Kier molecular flexibility index (Phi) is 5.77. The molecule has 0 nitrogen and oxygen atoms in total. The number of aryl methyl sites for hydroxylation is 3. The molecular weight excluding hydrogens is 360 g/mol. The van der Waals surface area contributed by atoms with E-state index in [1.54, 1.807) is 0 Å². The van der Waals surface area contributed by atoms with E-state index in [1.807, 2.05) is 0 Å². The summed E-state index contributed by atoms with van der Waals surface area (Å²) in [5, 5.41) is 2.67. The van der Waals surface area contributed by atoms with E-state index in [2.05, 4.69) is 113 Å². The molecule has 4 aromatic carbocycles. The smallest absolute Gasteiger partial charge is 0.00255 e. The molecule has 0 amide bonds. The topological polar surface area (TPSA) is 0 Å². The first kappa shape index (κ1) is 20.4. The number of rotatable bonds is 5. The van der Waals surface area contributed by atoms with Crippen molar-refractivity contribution in [3.05, 3.63) is 118 Å². The summed E-state index contributed by atoms with van der Waals surface area (Å²) in [6.07, 6.45) is 3.15. The third-order valence-electron chi connectivity index (χ3n) is 6.02. The van der Waals surface area contributed by atoms with Crippen LogP contribution < -0.4 is 0 Å². The lowest BCUT2D eigenvalue weighted by molar-refractivity contribution is 0.590. The van der Waals surface area contributed by atoms with E-state index >= 15 is 0 Å². The van der Waals surface area contributed by atoms with Crippen molar-refractivity contribution in [1.29, 1.82) is 0 Å². The van der Waals surface area contributed by atoms with Crippen LogP contribution in [0.15, 0.2) is 84.9 Å². The third-order valence-corrected chi connectivity index (χ3v) is 6.02. The number of hydrogen-bond donors (Lipinski definition) is 0. The van der Waals surface area contributed by atoms with E-state index in [9.17, 15) is 0 Å². The van der Waals surface area contributed by atoms with Crippen LogP contribution >= 0.6 is 0 Å². The molecule has 0 unspecified atom stereocenters. The number of fused-ring (bicyclic) bond motifs is 1. The van der Waals surface area contributed by atoms with E-state index in [1.165, 1.54) is 44.2 Å². The Morgan fingerprint density at radius 2 is 1.03 bits per heavy atom. The van der Waals surface area contributed by atoms with Crippen LogP contribution in [0.1, 0.15) is 54.2 Å². The van der Waals surface area contributed by atoms with Gasteiger partial charge >= 0.3 is 0 Å². The van der Waals surface area contributed by atoms with E-state index in [0.29, 0.717) is 0 Å². The fourth-order valence-electron chi connectivity index (χ4n) is 4.01. The Morgan fingerprint density at radius 1 is 0.533 bits per heavy atom. The lowest BCUT2D eigenvalue weighted by Gasteiger charge is -2.19. The molecule has 0 aromatic heterocycles. The van der Waals surface area contributed by atoms with Crippen LogP contribution in [-0.4, -0.2) is 0 Å². The number of benzene rings is 4. The van der Waals surface area contributed by atoms with Gasteiger partial charge in [0, 0.05) is 0 Å². The van der Waals surface area contributed by atoms with Gasteiger partial charge in [-0.1, -0.05) is 111 Å². The first-order chi connectivity index (χ1) is 14.4. The lowest BCUT2D eigenvalue weighted by atomic mass is 9.86. The highest BCUT2D eigenvalue weighted by Gasteiger charge is 2.12. The maximum atomic E-state index is 2.36. The molecule has 0 atom stereocenters. The second-order valence-electron chi connectivity index (χ2n) is 9.63. The second-order valence-corrected chi connectivity index (χ2v) is 9.63. The van der Waals surface area contributed by atoms with E-state index in [-0.39, 0.29) is 5.41 Å². The quantitative estimate of drug-likeness (QED) is 0.325. The van der Waals surface area contributed by atoms with Crippen molar-refractivity contribution in [2.75, 3.05) is 0 Å². The zero-order valence-corrected chi connectivity index (χ0v) is 18.7. The minimum atomic E-state index is 0.217. The van der Waals surface area contributed by atoms with Gasteiger partial charge in [0.05, 0.1) is 0 Å². The molecule has 0 heterocycles. The van der Waals surface area contributed by atoms with Gasteiger partial charge in [0.2, 0.25) is 0 Å². The van der Waals surface area contributed by atoms with Crippen LogP contribution in [0.5, 0.6) is 0 Å². The molecule has 4 aromatic rings. The van der Waals surface area contributed by atoms with Crippen LogP contribution in [-0.2, 0) is 24.7 Å². The van der Waals surface area contributed by atoms with Crippen molar-refractivity contribution in [2.45, 2.75) is 52.4 Å². The Morgan fingerprint density at radius 3 is 1.67 bits per heavy atom. The molecule has 0 heteroatoms. The molecule has 30 heavy (non-hydrogen) atoms. The number of hydrogen-bond acceptors (Lipinski definition) is 0. The van der Waals surface area contributed by atoms with E-state index in [0.717, 1.165) is 19.3 Å². The molecule has 0 saturated carbocycles. The van der Waals surface area contributed by atoms with Crippen molar-refractivity contribution in [3.63, 3.8) is 0 Å². The monoisotopic (exact) mass is 392 g/mol. The minimum absolute atomic E-state index is 0.217. The summed E-state index contributed by atoms with van der Waals surface area (Å²) in [5.74, 6) is 0. The molecule has 0 aliphatic rings. The lowest BCUT2D eigenvalue weighted by Crippen LogP contribution is -2.10. The van der Waals surface area contributed by atoms with Crippen molar-refractivity contribution in [2.24, 2.45) is 0 Å². The summed E-state index contributed by atoms with van der Waals surface area (Å²) < 4.78 is 0. The van der Waals surface area contributed by atoms with Gasteiger partial charge in [0.1, 0.15) is 0 Å². The average Bonchev–Trinajstić information content (AvgIpc) is 2.73. The molecule has 0 fully saturated rings. The molecule has 0 spiro atoms. The van der Waals surface area contributed by atoms with Crippen molar-refractivity contribution in [1.82, 2.24) is 0 Å². The fourth-order valence-corrected chi connectivity index (χ4v) is 4.01. The molecular formula is C30H32. The van der Waals surface area contributed by atoms with Gasteiger partial charge < -0.3 is 0 Å². The molecule has 152 valence electrons. The van der Waals surface area contributed by atoms with Gasteiger partial charge in [0.25, 0.3) is 0 Å².